The second kappa shape index (κ2) is 15.9. The van der Waals surface area contributed by atoms with E-state index in [9.17, 15) is 14.7 Å². The van der Waals surface area contributed by atoms with Gasteiger partial charge in [-0.15, -0.1) is 0 Å². The lowest BCUT2D eigenvalue weighted by Crippen LogP contribution is -2.03. The number of ketones is 1. The second-order valence-electron chi connectivity index (χ2n) is 5.62. The molecular formula is C20H30O4. The summed E-state index contributed by atoms with van der Waals surface area (Å²) in [5.74, 6) is -0.791. The topological polar surface area (TPSA) is 74.6 Å². The lowest BCUT2D eigenvalue weighted by molar-refractivity contribution is -0.137. The number of carbonyl (C=O) groups is 2. The third-order valence-electron chi connectivity index (χ3n) is 3.30. The highest BCUT2D eigenvalue weighted by molar-refractivity contribution is 5.90. The highest BCUT2D eigenvalue weighted by atomic mass is 16.4. The van der Waals surface area contributed by atoms with Gasteiger partial charge in [-0.05, 0) is 31.8 Å². The molecule has 0 aromatic carbocycles. The van der Waals surface area contributed by atoms with Crippen LogP contribution in [0.15, 0.2) is 48.6 Å². The number of hydrogen-bond acceptors (Lipinski definition) is 3. The van der Waals surface area contributed by atoms with Crippen molar-refractivity contribution in [1.82, 2.24) is 0 Å². The first-order valence-electron chi connectivity index (χ1n) is 8.65. The number of allylic oxidation sites excluding steroid dienone is 7. The minimum absolute atomic E-state index is 0.0593. The molecule has 0 aliphatic carbocycles. The third kappa shape index (κ3) is 16.4. The summed E-state index contributed by atoms with van der Waals surface area (Å²) in [6.07, 6.45) is 19.3. The molecule has 0 bridgehead atoms. The Balaban J connectivity index is 3.83. The number of aliphatic carboxylic acids is 1. The van der Waals surface area contributed by atoms with E-state index in [1.807, 2.05) is 6.08 Å². The van der Waals surface area contributed by atoms with Gasteiger partial charge in [-0.25, -0.2) is 0 Å². The van der Waals surface area contributed by atoms with Crippen LogP contribution in [0.3, 0.4) is 0 Å². The Kier molecular flexibility index (Phi) is 14.6. The highest BCUT2D eigenvalue weighted by Gasteiger charge is 2.01. The van der Waals surface area contributed by atoms with Gasteiger partial charge in [0.2, 0.25) is 0 Å². The molecule has 0 saturated carbocycles. The van der Waals surface area contributed by atoms with E-state index < -0.39 is 12.1 Å². The molecule has 1 atom stereocenters. The first-order valence-corrected chi connectivity index (χ1v) is 8.65. The molecule has 0 spiro atoms. The molecule has 0 fully saturated rings. The summed E-state index contributed by atoms with van der Waals surface area (Å²) in [7, 11) is 0. The van der Waals surface area contributed by atoms with Crippen molar-refractivity contribution < 1.29 is 19.8 Å². The number of rotatable bonds is 14. The Labute approximate surface area is 145 Å². The van der Waals surface area contributed by atoms with Crippen LogP contribution in [0.2, 0.25) is 0 Å². The third-order valence-corrected chi connectivity index (χ3v) is 3.30. The fourth-order valence-corrected chi connectivity index (χ4v) is 1.94. The van der Waals surface area contributed by atoms with E-state index >= 15 is 0 Å². The molecule has 0 rings (SSSR count). The van der Waals surface area contributed by atoms with Gasteiger partial charge < -0.3 is 10.2 Å². The Morgan fingerprint density at radius 3 is 2.46 bits per heavy atom. The van der Waals surface area contributed by atoms with Gasteiger partial charge in [0.05, 0.1) is 6.10 Å². The van der Waals surface area contributed by atoms with E-state index in [0.717, 1.165) is 6.42 Å². The summed E-state index contributed by atoms with van der Waals surface area (Å²) in [6, 6.07) is 0. The van der Waals surface area contributed by atoms with Gasteiger partial charge in [0.25, 0.3) is 0 Å². The number of carboxylic acid groups (broad SMARTS) is 1. The molecule has 4 heteroatoms. The van der Waals surface area contributed by atoms with Crippen LogP contribution in [0.5, 0.6) is 0 Å². The zero-order valence-electron chi connectivity index (χ0n) is 14.6. The maximum atomic E-state index is 11.6. The van der Waals surface area contributed by atoms with Crippen molar-refractivity contribution in [2.45, 2.75) is 64.4 Å². The number of unbranched alkanes of at least 4 members (excludes halogenated alkanes) is 3. The summed E-state index contributed by atoms with van der Waals surface area (Å²) in [5.41, 5.74) is 0. The van der Waals surface area contributed by atoms with Gasteiger partial charge in [-0.1, -0.05) is 62.3 Å². The van der Waals surface area contributed by atoms with Crippen molar-refractivity contribution in [3.05, 3.63) is 48.6 Å². The molecule has 2 N–H and O–H groups in total. The Morgan fingerprint density at radius 2 is 1.75 bits per heavy atom. The Hall–Kier alpha value is -1.94. The van der Waals surface area contributed by atoms with Crippen LogP contribution in [0.25, 0.3) is 0 Å². The van der Waals surface area contributed by atoms with Crippen molar-refractivity contribution >= 4 is 11.8 Å². The normalized spacial score (nSPS) is 13.6. The standard InChI is InChI=1S/C20H30O4/c1-2-3-4-5-6-9-13-18(21)14-10-7-8-11-15-19(22)16-12-17-20(23)24/h6-11,14-15,19,22H,2-5,12-13,16-17H2,1H3,(H,23,24). The van der Waals surface area contributed by atoms with E-state index in [4.69, 9.17) is 5.11 Å². The minimum Gasteiger partial charge on any atom is -0.481 e. The van der Waals surface area contributed by atoms with Crippen LogP contribution in [-0.4, -0.2) is 28.1 Å². The van der Waals surface area contributed by atoms with Crippen LogP contribution in [0, 0.1) is 0 Å². The molecule has 134 valence electrons. The van der Waals surface area contributed by atoms with Crippen LogP contribution >= 0.6 is 0 Å². The second-order valence-corrected chi connectivity index (χ2v) is 5.62. The first kappa shape index (κ1) is 22.1. The summed E-state index contributed by atoms with van der Waals surface area (Å²) in [5, 5.41) is 18.1. The summed E-state index contributed by atoms with van der Waals surface area (Å²) < 4.78 is 0. The fraction of sp³-hybridized carbons (Fsp3) is 0.500. The largest absolute Gasteiger partial charge is 0.481 e. The smallest absolute Gasteiger partial charge is 0.303 e. The molecule has 0 heterocycles. The number of carboxylic acids is 1. The molecule has 0 aromatic heterocycles. The summed E-state index contributed by atoms with van der Waals surface area (Å²) in [4.78, 5) is 21.9. The van der Waals surface area contributed by atoms with Crippen LogP contribution in [0.1, 0.15) is 58.3 Å². The van der Waals surface area contributed by atoms with E-state index in [1.165, 1.54) is 25.3 Å². The number of aliphatic hydroxyl groups is 1. The molecule has 1 unspecified atom stereocenters. The van der Waals surface area contributed by atoms with E-state index in [2.05, 4.69) is 13.0 Å². The molecule has 24 heavy (non-hydrogen) atoms. The van der Waals surface area contributed by atoms with Gasteiger partial charge in [-0.2, -0.15) is 0 Å². The summed E-state index contributed by atoms with van der Waals surface area (Å²) >= 11 is 0. The lowest BCUT2D eigenvalue weighted by atomic mass is 10.1. The summed E-state index contributed by atoms with van der Waals surface area (Å²) in [6.45, 7) is 2.17. The van der Waals surface area contributed by atoms with Gasteiger partial charge in [0, 0.05) is 12.8 Å². The van der Waals surface area contributed by atoms with Gasteiger partial charge >= 0.3 is 5.97 Å². The Bertz CT molecular complexity index is 458. The molecular weight excluding hydrogens is 304 g/mol. The van der Waals surface area contributed by atoms with Crippen LogP contribution < -0.4 is 0 Å². The predicted octanol–water partition coefficient (Wildman–Crippen LogP) is 4.37. The maximum Gasteiger partial charge on any atom is 0.303 e. The maximum absolute atomic E-state index is 11.6. The molecule has 0 radical (unpaired) electrons. The monoisotopic (exact) mass is 334 g/mol. The fourth-order valence-electron chi connectivity index (χ4n) is 1.94. The van der Waals surface area contributed by atoms with Crippen molar-refractivity contribution in [2.24, 2.45) is 0 Å². The SMILES string of the molecule is CCCCCC=CCC(=O)C=CC=CC=CC(O)CCCC(=O)O. The zero-order chi connectivity index (χ0) is 18.0. The molecule has 0 aliphatic rings. The zero-order valence-corrected chi connectivity index (χ0v) is 14.6. The van der Waals surface area contributed by atoms with Crippen molar-refractivity contribution in [3.63, 3.8) is 0 Å². The first-order chi connectivity index (χ1) is 11.6. The van der Waals surface area contributed by atoms with Crippen molar-refractivity contribution in [3.8, 4) is 0 Å². The van der Waals surface area contributed by atoms with Crippen molar-refractivity contribution in [2.75, 3.05) is 0 Å². The van der Waals surface area contributed by atoms with E-state index in [1.54, 1.807) is 30.4 Å². The van der Waals surface area contributed by atoms with Gasteiger partial charge in [0.1, 0.15) is 0 Å². The molecule has 0 amide bonds. The number of carbonyl (C=O) groups excluding carboxylic acids is 1. The average molecular weight is 334 g/mol. The van der Waals surface area contributed by atoms with Crippen LogP contribution in [-0.2, 0) is 9.59 Å². The minimum atomic E-state index is -0.850. The number of aliphatic hydroxyl groups excluding tert-OH is 1. The quantitative estimate of drug-likeness (QED) is 0.214. The molecule has 4 nitrogen and oxygen atoms in total. The molecule has 0 aliphatic heterocycles. The lowest BCUT2D eigenvalue weighted by Gasteiger charge is -2.02. The number of hydrogen-bond donors (Lipinski definition) is 2. The van der Waals surface area contributed by atoms with Gasteiger partial charge in [-0.3, -0.25) is 9.59 Å². The van der Waals surface area contributed by atoms with Crippen LogP contribution in [0.4, 0.5) is 0 Å². The van der Waals surface area contributed by atoms with Gasteiger partial charge in [0.15, 0.2) is 5.78 Å². The molecule has 0 aromatic rings. The predicted molar refractivity (Wildman–Crippen MR) is 97.8 cm³/mol. The molecule has 0 saturated heterocycles. The average Bonchev–Trinajstić information content (AvgIpc) is 2.53. The van der Waals surface area contributed by atoms with E-state index in [-0.39, 0.29) is 12.2 Å². The Morgan fingerprint density at radius 1 is 1.00 bits per heavy atom. The van der Waals surface area contributed by atoms with Crippen molar-refractivity contribution in [1.29, 1.82) is 0 Å². The highest BCUT2D eigenvalue weighted by Crippen LogP contribution is 2.02. The van der Waals surface area contributed by atoms with E-state index in [0.29, 0.717) is 19.3 Å².